The normalized spacial score (nSPS) is 29.2. The molecule has 1 saturated carbocycles. The SMILES string of the molecule is C=CC1CC(C=C)C(CCCCCCC)C1. The number of unbranched alkanes of at least 4 members (excludes halogenated alkanes) is 4. The van der Waals surface area contributed by atoms with Gasteiger partial charge < -0.3 is 0 Å². The van der Waals surface area contributed by atoms with E-state index in [1.165, 1.54) is 51.4 Å². The largest absolute Gasteiger partial charge is 0.103 e. The van der Waals surface area contributed by atoms with Gasteiger partial charge in [-0.05, 0) is 37.0 Å². The number of rotatable bonds is 8. The van der Waals surface area contributed by atoms with Gasteiger partial charge in [0.15, 0.2) is 0 Å². The van der Waals surface area contributed by atoms with E-state index >= 15 is 0 Å². The van der Waals surface area contributed by atoms with Crippen molar-refractivity contribution in [2.45, 2.75) is 58.3 Å². The topological polar surface area (TPSA) is 0 Å². The summed E-state index contributed by atoms with van der Waals surface area (Å²) in [4.78, 5) is 0. The van der Waals surface area contributed by atoms with E-state index in [1.54, 1.807) is 0 Å². The lowest BCUT2D eigenvalue weighted by Crippen LogP contribution is -2.04. The van der Waals surface area contributed by atoms with Crippen LogP contribution in [0.4, 0.5) is 0 Å². The van der Waals surface area contributed by atoms with Crippen LogP contribution in [-0.2, 0) is 0 Å². The molecule has 92 valence electrons. The molecule has 0 heteroatoms. The summed E-state index contributed by atoms with van der Waals surface area (Å²) in [5.74, 6) is 2.40. The van der Waals surface area contributed by atoms with E-state index in [2.05, 4.69) is 32.2 Å². The van der Waals surface area contributed by atoms with Gasteiger partial charge in [0.1, 0.15) is 0 Å². The van der Waals surface area contributed by atoms with Crippen LogP contribution >= 0.6 is 0 Å². The molecule has 0 aromatic carbocycles. The zero-order chi connectivity index (χ0) is 11.8. The maximum Gasteiger partial charge on any atom is -0.0202 e. The average Bonchev–Trinajstić information content (AvgIpc) is 2.71. The Bertz CT molecular complexity index is 204. The van der Waals surface area contributed by atoms with Gasteiger partial charge in [0.25, 0.3) is 0 Å². The van der Waals surface area contributed by atoms with Crippen molar-refractivity contribution in [2.75, 3.05) is 0 Å². The van der Waals surface area contributed by atoms with Crippen LogP contribution in [-0.4, -0.2) is 0 Å². The van der Waals surface area contributed by atoms with Gasteiger partial charge in [-0.1, -0.05) is 51.2 Å². The van der Waals surface area contributed by atoms with Crippen LogP contribution < -0.4 is 0 Å². The third-order valence-corrected chi connectivity index (χ3v) is 4.10. The highest BCUT2D eigenvalue weighted by atomic mass is 14.3. The molecule has 0 aliphatic heterocycles. The van der Waals surface area contributed by atoms with Gasteiger partial charge in [-0.2, -0.15) is 0 Å². The summed E-state index contributed by atoms with van der Waals surface area (Å²) >= 11 is 0. The molecule has 1 aliphatic rings. The fourth-order valence-electron chi connectivity index (χ4n) is 3.03. The Morgan fingerprint density at radius 2 is 1.75 bits per heavy atom. The number of hydrogen-bond acceptors (Lipinski definition) is 0. The standard InChI is InChI=1S/C16H28/c1-4-7-8-9-10-11-16-13-14(5-2)12-15(16)6-3/h5-6,14-16H,2-4,7-13H2,1H3. The summed E-state index contributed by atoms with van der Waals surface area (Å²) in [6.45, 7) is 10.2. The highest BCUT2D eigenvalue weighted by Crippen LogP contribution is 2.40. The first kappa shape index (κ1) is 13.5. The molecule has 0 aromatic rings. The molecule has 3 atom stereocenters. The van der Waals surface area contributed by atoms with E-state index in [-0.39, 0.29) is 0 Å². The summed E-state index contributed by atoms with van der Waals surface area (Å²) in [6.07, 6.45) is 15.4. The van der Waals surface area contributed by atoms with Gasteiger partial charge >= 0.3 is 0 Å². The first-order valence-corrected chi connectivity index (χ1v) is 7.06. The Morgan fingerprint density at radius 3 is 2.38 bits per heavy atom. The second-order valence-corrected chi connectivity index (χ2v) is 5.33. The fraction of sp³-hybridized carbons (Fsp3) is 0.750. The predicted octanol–water partition coefficient (Wildman–Crippen LogP) is 5.36. The summed E-state index contributed by atoms with van der Waals surface area (Å²) in [7, 11) is 0. The Morgan fingerprint density at radius 1 is 1.00 bits per heavy atom. The summed E-state index contributed by atoms with van der Waals surface area (Å²) in [5, 5.41) is 0. The fourth-order valence-corrected chi connectivity index (χ4v) is 3.03. The molecule has 0 aromatic heterocycles. The zero-order valence-corrected chi connectivity index (χ0v) is 11.0. The highest BCUT2D eigenvalue weighted by Gasteiger charge is 2.29. The maximum atomic E-state index is 3.99. The van der Waals surface area contributed by atoms with E-state index in [1.807, 2.05) is 0 Å². The van der Waals surface area contributed by atoms with E-state index in [0.29, 0.717) is 0 Å². The van der Waals surface area contributed by atoms with Crippen molar-refractivity contribution in [1.29, 1.82) is 0 Å². The number of hydrogen-bond donors (Lipinski definition) is 0. The molecule has 0 N–H and O–H groups in total. The smallest absolute Gasteiger partial charge is 0.0202 e. The summed E-state index contributed by atoms with van der Waals surface area (Å²) in [6, 6.07) is 0. The minimum absolute atomic E-state index is 0.753. The third kappa shape index (κ3) is 4.15. The molecule has 1 fully saturated rings. The molecule has 0 radical (unpaired) electrons. The van der Waals surface area contributed by atoms with Crippen molar-refractivity contribution < 1.29 is 0 Å². The third-order valence-electron chi connectivity index (χ3n) is 4.10. The summed E-state index contributed by atoms with van der Waals surface area (Å²) in [5.41, 5.74) is 0. The van der Waals surface area contributed by atoms with Gasteiger partial charge in [0, 0.05) is 0 Å². The molecule has 0 nitrogen and oxygen atoms in total. The van der Waals surface area contributed by atoms with Crippen LogP contribution in [0.5, 0.6) is 0 Å². The Kier molecular flexibility index (Phi) is 6.52. The molecule has 0 amide bonds. The van der Waals surface area contributed by atoms with Crippen LogP contribution in [0.2, 0.25) is 0 Å². The predicted molar refractivity (Wildman–Crippen MR) is 73.5 cm³/mol. The summed E-state index contributed by atoms with van der Waals surface area (Å²) < 4.78 is 0. The highest BCUT2D eigenvalue weighted by molar-refractivity contribution is 4.97. The zero-order valence-electron chi connectivity index (χ0n) is 11.0. The molecule has 0 spiro atoms. The molecule has 0 saturated heterocycles. The quantitative estimate of drug-likeness (QED) is 0.381. The lowest BCUT2D eigenvalue weighted by Gasteiger charge is -2.15. The van der Waals surface area contributed by atoms with E-state index in [9.17, 15) is 0 Å². The van der Waals surface area contributed by atoms with Crippen LogP contribution in [0.3, 0.4) is 0 Å². The minimum atomic E-state index is 0.753. The molecular weight excluding hydrogens is 192 g/mol. The molecule has 1 rings (SSSR count). The molecule has 0 bridgehead atoms. The van der Waals surface area contributed by atoms with Crippen LogP contribution in [0.1, 0.15) is 58.3 Å². The average molecular weight is 220 g/mol. The molecule has 16 heavy (non-hydrogen) atoms. The van der Waals surface area contributed by atoms with Crippen molar-refractivity contribution in [3.05, 3.63) is 25.3 Å². The Hall–Kier alpha value is -0.520. The maximum absolute atomic E-state index is 3.99. The first-order valence-electron chi connectivity index (χ1n) is 7.06. The van der Waals surface area contributed by atoms with Gasteiger partial charge in [-0.15, -0.1) is 13.2 Å². The molecule has 3 unspecified atom stereocenters. The van der Waals surface area contributed by atoms with Gasteiger partial charge in [-0.25, -0.2) is 0 Å². The Balaban J connectivity index is 2.19. The minimum Gasteiger partial charge on any atom is -0.103 e. The van der Waals surface area contributed by atoms with Crippen LogP contribution in [0, 0.1) is 17.8 Å². The lowest BCUT2D eigenvalue weighted by atomic mass is 9.90. The Labute approximate surface area is 102 Å². The van der Waals surface area contributed by atoms with Crippen molar-refractivity contribution >= 4 is 0 Å². The lowest BCUT2D eigenvalue weighted by molar-refractivity contribution is 0.402. The second kappa shape index (κ2) is 7.70. The van der Waals surface area contributed by atoms with Crippen LogP contribution in [0.25, 0.3) is 0 Å². The second-order valence-electron chi connectivity index (χ2n) is 5.33. The van der Waals surface area contributed by atoms with Crippen molar-refractivity contribution in [2.24, 2.45) is 17.8 Å². The van der Waals surface area contributed by atoms with E-state index < -0.39 is 0 Å². The monoisotopic (exact) mass is 220 g/mol. The molecule has 0 heterocycles. The van der Waals surface area contributed by atoms with Crippen molar-refractivity contribution in [3.8, 4) is 0 Å². The molecule has 1 aliphatic carbocycles. The van der Waals surface area contributed by atoms with Gasteiger partial charge in [0.2, 0.25) is 0 Å². The number of allylic oxidation sites excluding steroid dienone is 2. The van der Waals surface area contributed by atoms with Gasteiger partial charge in [0.05, 0.1) is 0 Å². The van der Waals surface area contributed by atoms with E-state index in [4.69, 9.17) is 0 Å². The van der Waals surface area contributed by atoms with Crippen molar-refractivity contribution in [3.63, 3.8) is 0 Å². The first-order chi connectivity index (χ1) is 7.81. The van der Waals surface area contributed by atoms with E-state index in [0.717, 1.165) is 17.8 Å². The molecular formula is C16H28. The van der Waals surface area contributed by atoms with Crippen molar-refractivity contribution in [1.82, 2.24) is 0 Å². The van der Waals surface area contributed by atoms with Gasteiger partial charge in [-0.3, -0.25) is 0 Å². The van der Waals surface area contributed by atoms with Crippen LogP contribution in [0.15, 0.2) is 25.3 Å².